The van der Waals surface area contributed by atoms with Crippen LogP contribution in [-0.2, 0) is 16.1 Å². The number of nitriles is 1. The zero-order valence-corrected chi connectivity index (χ0v) is 23.0. The maximum atomic E-state index is 14.5. The number of amides is 1. The first-order chi connectivity index (χ1) is 19.8. The predicted molar refractivity (Wildman–Crippen MR) is 148 cm³/mol. The quantitative estimate of drug-likeness (QED) is 0.221. The van der Waals surface area contributed by atoms with Gasteiger partial charge in [0, 0.05) is 12.0 Å². The number of nitrogens with zero attached hydrogens (tertiary/aromatic N) is 1. The SMILES string of the molecule is CC(C)(F)C[C@H](N[C@@H](c1ccc(-c2ccc(-c3ccc4c(c3)C(=O)OC4)cc2)cc1)C(F)(F)F)C(=O)NC1(C#N)CC1. The van der Waals surface area contributed by atoms with Gasteiger partial charge in [-0.1, -0.05) is 60.7 Å². The van der Waals surface area contributed by atoms with Crippen molar-refractivity contribution in [3.8, 4) is 28.3 Å². The summed E-state index contributed by atoms with van der Waals surface area (Å²) in [5.41, 5.74) is 1.34. The Morgan fingerprint density at radius 2 is 1.50 bits per heavy atom. The molecule has 3 aromatic carbocycles. The monoisotopic (exact) mass is 579 g/mol. The van der Waals surface area contributed by atoms with E-state index >= 15 is 0 Å². The highest BCUT2D eigenvalue weighted by Gasteiger charge is 2.48. The van der Waals surface area contributed by atoms with Crippen molar-refractivity contribution in [2.75, 3.05) is 0 Å². The topological polar surface area (TPSA) is 91.2 Å². The van der Waals surface area contributed by atoms with Crippen LogP contribution in [0.25, 0.3) is 22.3 Å². The van der Waals surface area contributed by atoms with Crippen molar-refractivity contribution in [2.24, 2.45) is 0 Å². The number of cyclic esters (lactones) is 1. The summed E-state index contributed by atoms with van der Waals surface area (Å²) >= 11 is 0. The molecule has 6 nitrogen and oxygen atoms in total. The van der Waals surface area contributed by atoms with Gasteiger partial charge in [-0.2, -0.15) is 18.4 Å². The first-order valence-corrected chi connectivity index (χ1v) is 13.5. The molecule has 0 spiro atoms. The van der Waals surface area contributed by atoms with E-state index in [2.05, 4.69) is 10.6 Å². The third kappa shape index (κ3) is 6.47. The van der Waals surface area contributed by atoms with Crippen LogP contribution >= 0.6 is 0 Å². The number of rotatable bonds is 9. The van der Waals surface area contributed by atoms with Gasteiger partial charge in [-0.25, -0.2) is 9.18 Å². The van der Waals surface area contributed by atoms with Crippen molar-refractivity contribution in [3.05, 3.63) is 83.4 Å². The first kappa shape index (κ1) is 29.3. The summed E-state index contributed by atoms with van der Waals surface area (Å²) in [5, 5.41) is 14.1. The highest BCUT2D eigenvalue weighted by Crippen LogP contribution is 2.37. The number of carbonyl (C=O) groups is 2. The van der Waals surface area contributed by atoms with Gasteiger partial charge in [-0.15, -0.1) is 0 Å². The Labute approximate surface area is 240 Å². The van der Waals surface area contributed by atoms with Crippen molar-refractivity contribution >= 4 is 11.9 Å². The molecule has 2 atom stereocenters. The molecule has 0 aromatic heterocycles. The second-order valence-corrected chi connectivity index (χ2v) is 11.4. The van der Waals surface area contributed by atoms with Gasteiger partial charge in [-0.3, -0.25) is 10.1 Å². The molecule has 42 heavy (non-hydrogen) atoms. The van der Waals surface area contributed by atoms with E-state index in [0.29, 0.717) is 24.0 Å². The van der Waals surface area contributed by atoms with Crippen molar-refractivity contribution < 1.29 is 31.9 Å². The van der Waals surface area contributed by atoms with Crippen LogP contribution in [-0.4, -0.2) is 35.3 Å². The van der Waals surface area contributed by atoms with Crippen LogP contribution in [0.2, 0.25) is 0 Å². The molecule has 10 heteroatoms. The summed E-state index contributed by atoms with van der Waals surface area (Å²) in [4.78, 5) is 24.8. The Morgan fingerprint density at radius 3 is 2.02 bits per heavy atom. The zero-order valence-electron chi connectivity index (χ0n) is 23.0. The van der Waals surface area contributed by atoms with Gasteiger partial charge in [0.2, 0.25) is 5.91 Å². The normalized spacial score (nSPS) is 17.0. The summed E-state index contributed by atoms with van der Waals surface area (Å²) in [7, 11) is 0. The minimum Gasteiger partial charge on any atom is -0.457 e. The molecule has 1 aliphatic heterocycles. The summed E-state index contributed by atoms with van der Waals surface area (Å²) in [6.45, 7) is 2.64. The van der Waals surface area contributed by atoms with Crippen LogP contribution in [0, 0.1) is 11.3 Å². The number of hydrogen-bond donors (Lipinski definition) is 2. The molecule has 1 amide bonds. The van der Waals surface area contributed by atoms with Crippen molar-refractivity contribution in [2.45, 2.75) is 69.2 Å². The Kier molecular flexibility index (Phi) is 7.58. The highest BCUT2D eigenvalue weighted by atomic mass is 19.4. The number of nitrogens with one attached hydrogen (secondary N) is 2. The van der Waals surface area contributed by atoms with Gasteiger partial charge < -0.3 is 10.1 Å². The maximum Gasteiger partial charge on any atom is 0.407 e. The van der Waals surface area contributed by atoms with E-state index in [4.69, 9.17) is 4.74 Å². The van der Waals surface area contributed by atoms with Gasteiger partial charge in [-0.05, 0) is 60.6 Å². The fourth-order valence-electron chi connectivity index (χ4n) is 5.02. The second kappa shape index (κ2) is 10.9. The lowest BCUT2D eigenvalue weighted by Gasteiger charge is -2.30. The number of alkyl halides is 4. The lowest BCUT2D eigenvalue weighted by atomic mass is 9.95. The number of benzene rings is 3. The molecular weight excluding hydrogens is 550 g/mol. The van der Waals surface area contributed by atoms with Crippen molar-refractivity contribution in [3.63, 3.8) is 0 Å². The van der Waals surface area contributed by atoms with E-state index in [1.165, 1.54) is 26.0 Å². The van der Waals surface area contributed by atoms with Crippen LogP contribution in [0.1, 0.15) is 60.6 Å². The largest absolute Gasteiger partial charge is 0.457 e. The minimum absolute atomic E-state index is 0.135. The zero-order chi connectivity index (χ0) is 30.3. The molecule has 1 saturated carbocycles. The smallest absolute Gasteiger partial charge is 0.407 e. The minimum atomic E-state index is -4.78. The van der Waals surface area contributed by atoms with E-state index in [0.717, 1.165) is 22.3 Å². The summed E-state index contributed by atoms with van der Waals surface area (Å²) in [5.74, 6) is -1.20. The van der Waals surface area contributed by atoms with Crippen LogP contribution in [0.3, 0.4) is 0 Å². The molecule has 5 rings (SSSR count). The van der Waals surface area contributed by atoms with Gasteiger partial charge in [0.05, 0.1) is 17.7 Å². The van der Waals surface area contributed by atoms with Gasteiger partial charge in [0.25, 0.3) is 0 Å². The van der Waals surface area contributed by atoms with Crippen LogP contribution < -0.4 is 10.6 Å². The predicted octanol–water partition coefficient (Wildman–Crippen LogP) is 6.56. The Hall–Kier alpha value is -4.23. The molecule has 1 heterocycles. The molecular formula is C32H29F4N3O3. The molecule has 1 fully saturated rings. The maximum absolute atomic E-state index is 14.5. The van der Waals surface area contributed by atoms with Gasteiger partial charge in [0.1, 0.15) is 23.9 Å². The third-order valence-electron chi connectivity index (χ3n) is 7.51. The Morgan fingerprint density at radius 1 is 0.952 bits per heavy atom. The van der Waals surface area contributed by atoms with E-state index < -0.39 is 41.8 Å². The number of carbonyl (C=O) groups excluding carboxylic acids is 2. The van der Waals surface area contributed by atoms with Crippen LogP contribution in [0.15, 0.2) is 66.7 Å². The summed E-state index contributed by atoms with van der Waals surface area (Å²) in [6.07, 6.45) is -4.50. The van der Waals surface area contributed by atoms with Crippen LogP contribution in [0.4, 0.5) is 17.6 Å². The molecule has 1 aliphatic carbocycles. The summed E-state index contributed by atoms with van der Waals surface area (Å²) < 4.78 is 62.3. The average molecular weight is 580 g/mol. The van der Waals surface area contributed by atoms with Crippen LogP contribution in [0.5, 0.6) is 0 Å². The number of esters is 1. The standard InChI is InChI=1S/C32H29F4N3O3/c1-30(2,33)16-26(28(40)39-31(18-37)13-14-31)38-27(32(34,35)36)22-9-7-20(8-10-22)19-3-5-21(6-4-19)23-11-12-24-17-42-29(41)25(24)15-23/h3-12,15,26-27,38H,13-14,16-17H2,1-2H3,(H,39,40)/t26-,27-/m0/s1. The lowest BCUT2D eigenvalue weighted by molar-refractivity contribution is -0.161. The molecule has 0 bridgehead atoms. The number of ether oxygens (including phenoxy) is 1. The van der Waals surface area contributed by atoms with Gasteiger partial charge in [0.15, 0.2) is 0 Å². The lowest BCUT2D eigenvalue weighted by Crippen LogP contribution is -2.53. The molecule has 0 unspecified atom stereocenters. The molecule has 3 aromatic rings. The van der Waals surface area contributed by atoms with Gasteiger partial charge >= 0.3 is 12.1 Å². The molecule has 2 aliphatic rings. The first-order valence-electron chi connectivity index (χ1n) is 13.5. The molecule has 0 saturated heterocycles. The Bertz CT molecular complexity index is 1530. The molecule has 0 radical (unpaired) electrons. The third-order valence-corrected chi connectivity index (χ3v) is 7.51. The van der Waals surface area contributed by atoms with E-state index in [-0.39, 0.29) is 18.1 Å². The number of fused-ring (bicyclic) bond motifs is 1. The van der Waals surface area contributed by atoms with Crippen molar-refractivity contribution in [1.29, 1.82) is 5.26 Å². The fraction of sp³-hybridized carbons (Fsp3) is 0.344. The fourth-order valence-corrected chi connectivity index (χ4v) is 5.02. The van der Waals surface area contributed by atoms with E-state index in [1.807, 2.05) is 42.5 Å². The van der Waals surface area contributed by atoms with E-state index in [9.17, 15) is 32.4 Å². The molecule has 2 N–H and O–H groups in total. The number of halogens is 4. The highest BCUT2D eigenvalue weighted by molar-refractivity contribution is 5.95. The Balaban J connectivity index is 1.35. The second-order valence-electron chi connectivity index (χ2n) is 11.4. The molecule has 218 valence electrons. The summed E-state index contributed by atoms with van der Waals surface area (Å²) in [6, 6.07) is 16.9. The van der Waals surface area contributed by atoms with Crippen molar-refractivity contribution in [1.82, 2.24) is 10.6 Å². The average Bonchev–Trinajstić information content (AvgIpc) is 3.63. The number of hydrogen-bond acceptors (Lipinski definition) is 5. The van der Waals surface area contributed by atoms with E-state index in [1.54, 1.807) is 18.2 Å².